The predicted octanol–water partition coefficient (Wildman–Crippen LogP) is 2.01. The van der Waals surface area contributed by atoms with Gasteiger partial charge in [-0.25, -0.2) is 18.4 Å². The maximum Gasteiger partial charge on any atom is 0.343 e. The third-order valence-electron chi connectivity index (χ3n) is 2.72. The van der Waals surface area contributed by atoms with Crippen LogP contribution in [-0.2, 0) is 27.6 Å². The van der Waals surface area contributed by atoms with Crippen LogP contribution in [-0.4, -0.2) is 21.0 Å². The SMILES string of the molecule is CCCc1oc(CCC)c(S(N)(=O)=O)c1C(=O)OCC. The molecule has 1 heterocycles. The predicted molar refractivity (Wildman–Crippen MR) is 74.0 cm³/mol. The molecule has 0 saturated heterocycles. The lowest BCUT2D eigenvalue weighted by Crippen LogP contribution is -2.18. The highest BCUT2D eigenvalue weighted by Crippen LogP contribution is 2.29. The van der Waals surface area contributed by atoms with Crippen LogP contribution in [0.25, 0.3) is 0 Å². The molecule has 0 aromatic carbocycles. The summed E-state index contributed by atoms with van der Waals surface area (Å²) in [4.78, 5) is 11.8. The minimum atomic E-state index is -4.04. The molecule has 6 nitrogen and oxygen atoms in total. The second kappa shape index (κ2) is 6.90. The van der Waals surface area contributed by atoms with Crippen LogP contribution >= 0.6 is 0 Å². The number of furan rings is 1. The van der Waals surface area contributed by atoms with E-state index in [1.54, 1.807) is 6.92 Å². The molecule has 0 radical (unpaired) electrons. The van der Waals surface area contributed by atoms with Crippen molar-refractivity contribution in [3.05, 3.63) is 17.1 Å². The number of hydrogen-bond donors (Lipinski definition) is 1. The van der Waals surface area contributed by atoms with E-state index in [-0.39, 0.29) is 22.8 Å². The number of primary sulfonamides is 1. The molecule has 2 N–H and O–H groups in total. The molecular formula is C13H21NO5S. The maximum absolute atomic E-state index is 12.0. The van der Waals surface area contributed by atoms with Crippen LogP contribution < -0.4 is 5.14 Å². The number of carbonyl (C=O) groups is 1. The van der Waals surface area contributed by atoms with Crippen molar-refractivity contribution in [2.45, 2.75) is 51.3 Å². The molecule has 0 amide bonds. The Morgan fingerprint density at radius 3 is 2.15 bits per heavy atom. The van der Waals surface area contributed by atoms with E-state index in [2.05, 4.69) is 0 Å². The number of nitrogens with two attached hydrogens (primary N) is 1. The summed E-state index contributed by atoms with van der Waals surface area (Å²) >= 11 is 0. The molecule has 0 saturated carbocycles. The molecule has 0 aliphatic rings. The van der Waals surface area contributed by atoms with Crippen molar-refractivity contribution in [1.82, 2.24) is 0 Å². The van der Waals surface area contributed by atoms with Gasteiger partial charge in [-0.1, -0.05) is 13.8 Å². The minimum Gasteiger partial charge on any atom is -0.464 e. The summed E-state index contributed by atoms with van der Waals surface area (Å²) in [5.74, 6) is -0.133. The Bertz CT molecular complexity index is 574. The number of aryl methyl sites for hydroxylation is 2. The highest BCUT2D eigenvalue weighted by Gasteiger charge is 2.32. The van der Waals surface area contributed by atoms with Gasteiger partial charge in [0.05, 0.1) is 6.61 Å². The third kappa shape index (κ3) is 3.61. The molecule has 0 bridgehead atoms. The van der Waals surface area contributed by atoms with Crippen molar-refractivity contribution < 1.29 is 22.4 Å². The molecule has 0 atom stereocenters. The standard InChI is InChI=1S/C13H21NO5S/c1-4-7-9-11(13(15)18-6-3)12(20(14,16)17)10(19-9)8-5-2/h4-8H2,1-3H3,(H2,14,16,17). The highest BCUT2D eigenvalue weighted by atomic mass is 32.2. The molecule has 0 unspecified atom stereocenters. The molecule has 0 spiro atoms. The number of esters is 1. The Morgan fingerprint density at radius 2 is 1.70 bits per heavy atom. The molecule has 1 aromatic heterocycles. The monoisotopic (exact) mass is 303 g/mol. The van der Waals surface area contributed by atoms with Gasteiger partial charge in [0.25, 0.3) is 0 Å². The van der Waals surface area contributed by atoms with Crippen molar-refractivity contribution in [2.24, 2.45) is 5.14 Å². The average molecular weight is 303 g/mol. The van der Waals surface area contributed by atoms with Crippen LogP contribution in [0.2, 0.25) is 0 Å². The summed E-state index contributed by atoms with van der Waals surface area (Å²) in [5.41, 5.74) is -0.0420. The second-order valence-electron chi connectivity index (χ2n) is 4.42. The van der Waals surface area contributed by atoms with E-state index in [4.69, 9.17) is 14.3 Å². The Labute approximate surface area is 119 Å². The van der Waals surface area contributed by atoms with Gasteiger partial charge in [-0.15, -0.1) is 0 Å². The number of hydrogen-bond acceptors (Lipinski definition) is 5. The van der Waals surface area contributed by atoms with Crippen LogP contribution in [0.4, 0.5) is 0 Å². The number of carbonyl (C=O) groups excluding carboxylic acids is 1. The van der Waals surface area contributed by atoms with Crippen LogP contribution in [0.5, 0.6) is 0 Å². The smallest absolute Gasteiger partial charge is 0.343 e. The van der Waals surface area contributed by atoms with Gasteiger partial charge in [0, 0.05) is 12.8 Å². The number of rotatable bonds is 7. The molecule has 114 valence electrons. The van der Waals surface area contributed by atoms with E-state index in [1.807, 2.05) is 13.8 Å². The van der Waals surface area contributed by atoms with E-state index in [1.165, 1.54) is 0 Å². The zero-order valence-corrected chi connectivity index (χ0v) is 12.9. The Kier molecular flexibility index (Phi) is 5.76. The van der Waals surface area contributed by atoms with Crippen LogP contribution in [0.1, 0.15) is 55.5 Å². The second-order valence-corrected chi connectivity index (χ2v) is 5.92. The summed E-state index contributed by atoms with van der Waals surface area (Å²) in [7, 11) is -4.04. The van der Waals surface area contributed by atoms with Crippen LogP contribution in [0.15, 0.2) is 9.31 Å². The van der Waals surface area contributed by atoms with Crippen molar-refractivity contribution in [3.63, 3.8) is 0 Å². The highest BCUT2D eigenvalue weighted by molar-refractivity contribution is 7.89. The third-order valence-corrected chi connectivity index (χ3v) is 3.72. The van der Waals surface area contributed by atoms with E-state index in [0.29, 0.717) is 25.0 Å². The zero-order valence-electron chi connectivity index (χ0n) is 12.1. The molecule has 1 aromatic rings. The topological polar surface area (TPSA) is 99.6 Å². The zero-order chi connectivity index (χ0) is 15.3. The number of ether oxygens (including phenoxy) is 1. The van der Waals surface area contributed by atoms with Gasteiger partial charge in [-0.3, -0.25) is 0 Å². The van der Waals surface area contributed by atoms with Crippen molar-refractivity contribution in [1.29, 1.82) is 0 Å². The first-order valence-corrected chi connectivity index (χ1v) is 8.25. The van der Waals surface area contributed by atoms with E-state index >= 15 is 0 Å². The average Bonchev–Trinajstić information content (AvgIpc) is 2.69. The molecule has 0 aliphatic heterocycles. The van der Waals surface area contributed by atoms with Gasteiger partial charge < -0.3 is 9.15 Å². The normalized spacial score (nSPS) is 11.6. The number of sulfonamides is 1. The van der Waals surface area contributed by atoms with Crippen LogP contribution in [0, 0.1) is 0 Å². The minimum absolute atomic E-state index is 0.0420. The van der Waals surface area contributed by atoms with Crippen molar-refractivity contribution >= 4 is 16.0 Å². The maximum atomic E-state index is 12.0. The lowest BCUT2D eigenvalue weighted by atomic mass is 10.1. The first-order valence-electron chi connectivity index (χ1n) is 6.71. The summed E-state index contributed by atoms with van der Waals surface area (Å²) in [5, 5.41) is 5.24. The fourth-order valence-corrected chi connectivity index (χ4v) is 2.96. The largest absolute Gasteiger partial charge is 0.464 e. The van der Waals surface area contributed by atoms with Gasteiger partial charge >= 0.3 is 5.97 Å². The van der Waals surface area contributed by atoms with Crippen molar-refractivity contribution in [2.75, 3.05) is 6.61 Å². The van der Waals surface area contributed by atoms with Crippen molar-refractivity contribution in [3.8, 4) is 0 Å². The first kappa shape index (κ1) is 16.7. The summed E-state index contributed by atoms with van der Waals surface area (Å²) in [6, 6.07) is 0. The fourth-order valence-electron chi connectivity index (χ4n) is 2.02. The van der Waals surface area contributed by atoms with Gasteiger partial charge in [0.15, 0.2) is 0 Å². The summed E-state index contributed by atoms with van der Waals surface area (Å²) in [6.45, 7) is 5.61. The Balaban J connectivity index is 3.52. The molecular weight excluding hydrogens is 282 g/mol. The van der Waals surface area contributed by atoms with E-state index in [0.717, 1.165) is 6.42 Å². The molecule has 1 rings (SSSR count). The Morgan fingerprint density at radius 1 is 1.15 bits per heavy atom. The quantitative estimate of drug-likeness (QED) is 0.777. The summed E-state index contributed by atoms with van der Waals surface area (Å²) < 4.78 is 34.1. The van der Waals surface area contributed by atoms with Crippen LogP contribution in [0.3, 0.4) is 0 Å². The Hall–Kier alpha value is -1.34. The lowest BCUT2D eigenvalue weighted by Gasteiger charge is -2.04. The molecule has 20 heavy (non-hydrogen) atoms. The van der Waals surface area contributed by atoms with E-state index in [9.17, 15) is 13.2 Å². The van der Waals surface area contributed by atoms with E-state index < -0.39 is 16.0 Å². The first-order chi connectivity index (χ1) is 9.36. The molecule has 7 heteroatoms. The lowest BCUT2D eigenvalue weighted by molar-refractivity contribution is 0.0519. The molecule has 0 aliphatic carbocycles. The summed E-state index contributed by atoms with van der Waals surface area (Å²) in [6.07, 6.45) is 2.27. The molecule has 0 fully saturated rings. The van der Waals surface area contributed by atoms with Gasteiger partial charge in [0.1, 0.15) is 22.0 Å². The fraction of sp³-hybridized carbons (Fsp3) is 0.615. The van der Waals surface area contributed by atoms with Gasteiger partial charge in [0.2, 0.25) is 10.0 Å². The van der Waals surface area contributed by atoms with Gasteiger partial charge in [-0.2, -0.15) is 0 Å². The van der Waals surface area contributed by atoms with Gasteiger partial charge in [-0.05, 0) is 19.8 Å².